The zero-order valence-electron chi connectivity index (χ0n) is 10.2. The van der Waals surface area contributed by atoms with Gasteiger partial charge in [-0.2, -0.15) is 0 Å². The number of allylic oxidation sites excluding steroid dienone is 5. The second kappa shape index (κ2) is 5.96. The molecule has 0 aromatic heterocycles. The number of benzene rings is 1. The van der Waals surface area contributed by atoms with Gasteiger partial charge in [-0.25, -0.2) is 0 Å². The molecular formula is C15H19N. The van der Waals surface area contributed by atoms with E-state index in [1.807, 2.05) is 19.2 Å². The normalized spacial score (nSPS) is 12.4. The molecule has 1 heteroatoms. The molecule has 0 heterocycles. The van der Waals surface area contributed by atoms with Gasteiger partial charge in [0.2, 0.25) is 0 Å². The van der Waals surface area contributed by atoms with E-state index in [1.165, 1.54) is 16.7 Å². The molecule has 1 aromatic carbocycles. The predicted molar refractivity (Wildman–Crippen MR) is 73.6 cm³/mol. The number of hydrogen-bond donors (Lipinski definition) is 1. The van der Waals surface area contributed by atoms with Crippen LogP contribution in [0, 0.1) is 0 Å². The second-order valence-electron chi connectivity index (χ2n) is 3.70. The van der Waals surface area contributed by atoms with Gasteiger partial charge in [-0.15, -0.1) is 0 Å². The van der Waals surface area contributed by atoms with Gasteiger partial charge < -0.3 is 5.32 Å². The highest BCUT2D eigenvalue weighted by Crippen LogP contribution is 2.25. The smallest absolute Gasteiger partial charge is 0.0413 e. The summed E-state index contributed by atoms with van der Waals surface area (Å²) in [5, 5.41) is 3.21. The summed E-state index contributed by atoms with van der Waals surface area (Å²) in [6.45, 7) is 7.93. The fraction of sp³-hybridized carbons (Fsp3) is 0.200. The predicted octanol–water partition coefficient (Wildman–Crippen LogP) is 4.26. The molecule has 1 N–H and O–H groups in total. The zero-order chi connectivity index (χ0) is 12.0. The maximum atomic E-state index is 3.68. The number of hydrogen-bond acceptors (Lipinski definition) is 1. The lowest BCUT2D eigenvalue weighted by atomic mass is 10.0. The Morgan fingerprint density at radius 2 is 1.94 bits per heavy atom. The van der Waals surface area contributed by atoms with E-state index in [-0.39, 0.29) is 0 Å². The monoisotopic (exact) mass is 213 g/mol. The van der Waals surface area contributed by atoms with Gasteiger partial charge >= 0.3 is 0 Å². The average Bonchev–Trinajstić information content (AvgIpc) is 2.34. The summed E-state index contributed by atoms with van der Waals surface area (Å²) in [6.07, 6.45) is 5.83. The molecule has 0 radical (unpaired) electrons. The molecule has 0 unspecified atom stereocenters. The van der Waals surface area contributed by atoms with Crippen molar-refractivity contribution >= 4 is 11.3 Å². The molecule has 0 amide bonds. The molecule has 0 spiro atoms. The lowest BCUT2D eigenvalue weighted by molar-refractivity contribution is 1.42. The molecule has 0 aliphatic heterocycles. The molecule has 1 aromatic rings. The van der Waals surface area contributed by atoms with E-state index in [0.717, 1.165) is 5.69 Å². The van der Waals surface area contributed by atoms with Gasteiger partial charge in [-0.05, 0) is 31.1 Å². The third-order valence-corrected chi connectivity index (χ3v) is 2.67. The summed E-state index contributed by atoms with van der Waals surface area (Å²) >= 11 is 0. The Hall–Kier alpha value is -1.76. The van der Waals surface area contributed by atoms with Gasteiger partial charge in [0.05, 0.1) is 0 Å². The van der Waals surface area contributed by atoms with E-state index < -0.39 is 0 Å². The van der Waals surface area contributed by atoms with E-state index >= 15 is 0 Å². The molecule has 1 nitrogen and oxygen atoms in total. The standard InChI is InChI=1S/C15H19N/c1-5-6-9-12(2)13(3)14-10-7-8-11-15(14)16-4/h5-11,16H,1H2,2-4H3/b9-6-,13-12+. The van der Waals surface area contributed by atoms with Crippen LogP contribution in [0.1, 0.15) is 19.4 Å². The topological polar surface area (TPSA) is 12.0 Å². The van der Waals surface area contributed by atoms with Crippen LogP contribution in [0.5, 0.6) is 0 Å². The lowest BCUT2D eigenvalue weighted by Crippen LogP contribution is -1.94. The molecule has 0 fully saturated rings. The maximum absolute atomic E-state index is 3.68. The first-order valence-electron chi connectivity index (χ1n) is 5.44. The van der Waals surface area contributed by atoms with Gasteiger partial charge in [0.25, 0.3) is 0 Å². The summed E-state index contributed by atoms with van der Waals surface area (Å²) in [5.74, 6) is 0. The van der Waals surface area contributed by atoms with Crippen LogP contribution in [0.3, 0.4) is 0 Å². The van der Waals surface area contributed by atoms with Crippen LogP contribution in [0.4, 0.5) is 5.69 Å². The number of para-hydroxylation sites is 1. The summed E-state index contributed by atoms with van der Waals surface area (Å²) in [6, 6.07) is 8.32. The van der Waals surface area contributed by atoms with Crippen LogP contribution in [0.2, 0.25) is 0 Å². The van der Waals surface area contributed by atoms with Crippen LogP contribution < -0.4 is 5.32 Å². The molecule has 0 bridgehead atoms. The number of nitrogens with one attached hydrogen (secondary N) is 1. The first kappa shape index (κ1) is 12.3. The second-order valence-corrected chi connectivity index (χ2v) is 3.70. The Labute approximate surface area is 98.2 Å². The van der Waals surface area contributed by atoms with E-state index in [4.69, 9.17) is 0 Å². The SMILES string of the molecule is C=C/C=C\C(C)=C(/C)c1ccccc1NC. The van der Waals surface area contributed by atoms with Crippen molar-refractivity contribution in [3.63, 3.8) is 0 Å². The minimum atomic E-state index is 1.16. The molecule has 0 atom stereocenters. The van der Waals surface area contributed by atoms with E-state index in [1.54, 1.807) is 6.08 Å². The van der Waals surface area contributed by atoms with Crippen molar-refractivity contribution in [1.29, 1.82) is 0 Å². The van der Waals surface area contributed by atoms with Crippen molar-refractivity contribution in [2.45, 2.75) is 13.8 Å². The minimum absolute atomic E-state index is 1.16. The lowest BCUT2D eigenvalue weighted by Gasteiger charge is -2.10. The van der Waals surface area contributed by atoms with E-state index in [9.17, 15) is 0 Å². The summed E-state index contributed by atoms with van der Waals surface area (Å²) in [7, 11) is 1.95. The van der Waals surface area contributed by atoms with Crippen molar-refractivity contribution in [2.24, 2.45) is 0 Å². The van der Waals surface area contributed by atoms with Crippen molar-refractivity contribution in [1.82, 2.24) is 0 Å². The Kier molecular flexibility index (Phi) is 4.59. The molecule has 0 aliphatic rings. The number of anilines is 1. The third kappa shape index (κ3) is 2.86. The largest absolute Gasteiger partial charge is 0.388 e. The zero-order valence-corrected chi connectivity index (χ0v) is 10.2. The van der Waals surface area contributed by atoms with Crippen molar-refractivity contribution in [2.75, 3.05) is 12.4 Å². The summed E-state index contributed by atoms with van der Waals surface area (Å²) < 4.78 is 0. The van der Waals surface area contributed by atoms with Crippen molar-refractivity contribution in [3.05, 3.63) is 60.2 Å². The fourth-order valence-electron chi connectivity index (χ4n) is 1.58. The molecule has 16 heavy (non-hydrogen) atoms. The van der Waals surface area contributed by atoms with Gasteiger partial charge in [-0.3, -0.25) is 0 Å². The van der Waals surface area contributed by atoms with Gasteiger partial charge in [0, 0.05) is 18.3 Å². The van der Waals surface area contributed by atoms with Gasteiger partial charge in [0.1, 0.15) is 0 Å². The Bertz CT molecular complexity index is 425. The fourth-order valence-corrected chi connectivity index (χ4v) is 1.58. The van der Waals surface area contributed by atoms with Crippen LogP contribution in [-0.2, 0) is 0 Å². The molecular weight excluding hydrogens is 194 g/mol. The van der Waals surface area contributed by atoms with Crippen molar-refractivity contribution < 1.29 is 0 Å². The quantitative estimate of drug-likeness (QED) is 0.737. The number of rotatable bonds is 4. The molecule has 0 aliphatic carbocycles. The summed E-state index contributed by atoms with van der Waals surface area (Å²) in [4.78, 5) is 0. The Morgan fingerprint density at radius 1 is 1.25 bits per heavy atom. The van der Waals surface area contributed by atoms with E-state index in [2.05, 4.69) is 50.0 Å². The van der Waals surface area contributed by atoms with Crippen LogP contribution in [0.25, 0.3) is 5.57 Å². The average molecular weight is 213 g/mol. The minimum Gasteiger partial charge on any atom is -0.388 e. The maximum Gasteiger partial charge on any atom is 0.0413 e. The highest BCUT2D eigenvalue weighted by Gasteiger charge is 2.03. The van der Waals surface area contributed by atoms with Gasteiger partial charge in [-0.1, -0.05) is 43.0 Å². The molecule has 0 saturated carbocycles. The van der Waals surface area contributed by atoms with Crippen LogP contribution >= 0.6 is 0 Å². The van der Waals surface area contributed by atoms with Crippen LogP contribution in [0.15, 0.2) is 54.6 Å². The Morgan fingerprint density at radius 3 is 2.56 bits per heavy atom. The Balaban J connectivity index is 3.17. The third-order valence-electron chi connectivity index (χ3n) is 2.67. The molecule has 0 saturated heterocycles. The van der Waals surface area contributed by atoms with Crippen molar-refractivity contribution in [3.8, 4) is 0 Å². The van der Waals surface area contributed by atoms with Crippen LogP contribution in [-0.4, -0.2) is 7.05 Å². The highest BCUT2D eigenvalue weighted by atomic mass is 14.8. The first-order chi connectivity index (χ1) is 7.70. The molecule has 1 rings (SSSR count). The van der Waals surface area contributed by atoms with E-state index in [0.29, 0.717) is 0 Å². The first-order valence-corrected chi connectivity index (χ1v) is 5.44. The highest BCUT2D eigenvalue weighted by molar-refractivity contribution is 5.78. The molecule has 84 valence electrons. The van der Waals surface area contributed by atoms with Gasteiger partial charge in [0.15, 0.2) is 0 Å². The summed E-state index contributed by atoms with van der Waals surface area (Å²) in [5.41, 5.74) is 4.94.